The van der Waals surface area contributed by atoms with Gasteiger partial charge in [-0.05, 0) is 43.8 Å². The first-order valence-corrected chi connectivity index (χ1v) is 6.55. The molecule has 0 aliphatic rings. The Balaban J connectivity index is 2.12. The molecule has 0 radical (unpaired) electrons. The maximum atomic E-state index is 12.1. The van der Waals surface area contributed by atoms with Gasteiger partial charge in [0, 0.05) is 11.6 Å². The van der Waals surface area contributed by atoms with Crippen LogP contribution in [-0.4, -0.2) is 13.0 Å². The number of carbonyl (C=O) groups excluding carboxylic acids is 1. The van der Waals surface area contributed by atoms with Crippen LogP contribution in [0.4, 0.5) is 11.4 Å². The Morgan fingerprint density at radius 2 is 1.75 bits per heavy atom. The van der Waals surface area contributed by atoms with Crippen molar-refractivity contribution >= 4 is 17.3 Å². The van der Waals surface area contributed by atoms with E-state index in [0.29, 0.717) is 16.9 Å². The van der Waals surface area contributed by atoms with Crippen LogP contribution in [0.2, 0.25) is 0 Å². The summed E-state index contributed by atoms with van der Waals surface area (Å²) in [6.07, 6.45) is 0. The zero-order valence-corrected chi connectivity index (χ0v) is 11.7. The molecule has 0 saturated carbocycles. The fourth-order valence-corrected chi connectivity index (χ4v) is 1.90. The molecule has 20 heavy (non-hydrogen) atoms. The summed E-state index contributed by atoms with van der Waals surface area (Å²) in [5, 5.41) is 5.97. The van der Waals surface area contributed by atoms with Crippen LogP contribution in [0.15, 0.2) is 48.5 Å². The molecule has 1 amide bonds. The van der Waals surface area contributed by atoms with Crippen molar-refractivity contribution in [3.63, 3.8) is 0 Å². The Morgan fingerprint density at radius 1 is 1.10 bits per heavy atom. The molecular formula is C16H19N3O. The molecule has 2 aromatic carbocycles. The number of hydrogen-bond acceptors (Lipinski definition) is 3. The average molecular weight is 269 g/mol. The van der Waals surface area contributed by atoms with E-state index in [4.69, 9.17) is 5.73 Å². The first-order chi connectivity index (χ1) is 9.61. The van der Waals surface area contributed by atoms with Crippen LogP contribution in [0.25, 0.3) is 0 Å². The minimum absolute atomic E-state index is 0.161. The van der Waals surface area contributed by atoms with Gasteiger partial charge in [0.05, 0.1) is 11.4 Å². The van der Waals surface area contributed by atoms with Gasteiger partial charge in [-0.3, -0.25) is 4.79 Å². The van der Waals surface area contributed by atoms with Crippen molar-refractivity contribution in [3.05, 3.63) is 59.7 Å². The van der Waals surface area contributed by atoms with Gasteiger partial charge >= 0.3 is 0 Å². The third-order valence-electron chi connectivity index (χ3n) is 3.31. The van der Waals surface area contributed by atoms with Crippen molar-refractivity contribution in [1.82, 2.24) is 5.32 Å². The Bertz CT molecular complexity index is 593. The van der Waals surface area contributed by atoms with Crippen LogP contribution in [-0.2, 0) is 0 Å². The predicted octanol–water partition coefficient (Wildman–Crippen LogP) is 2.80. The van der Waals surface area contributed by atoms with Gasteiger partial charge in [0.25, 0.3) is 5.91 Å². The Labute approximate surface area is 119 Å². The highest BCUT2D eigenvalue weighted by Crippen LogP contribution is 2.18. The summed E-state index contributed by atoms with van der Waals surface area (Å²) in [7, 11) is 1.91. The van der Waals surface area contributed by atoms with Gasteiger partial charge in [0.2, 0.25) is 0 Å². The maximum Gasteiger partial charge on any atom is 0.255 e. The van der Waals surface area contributed by atoms with Crippen LogP contribution in [0.1, 0.15) is 28.9 Å². The van der Waals surface area contributed by atoms with E-state index in [0.717, 1.165) is 5.56 Å². The molecule has 104 valence electrons. The summed E-state index contributed by atoms with van der Waals surface area (Å²) < 4.78 is 0. The van der Waals surface area contributed by atoms with Crippen molar-refractivity contribution in [3.8, 4) is 0 Å². The lowest BCUT2D eigenvalue weighted by Crippen LogP contribution is -2.15. The molecule has 0 aliphatic heterocycles. The molecule has 0 aliphatic carbocycles. The van der Waals surface area contributed by atoms with Crippen molar-refractivity contribution in [2.45, 2.75) is 13.0 Å². The van der Waals surface area contributed by atoms with Gasteiger partial charge in [-0.1, -0.05) is 24.3 Å². The number of anilines is 2. The van der Waals surface area contributed by atoms with Gasteiger partial charge in [-0.25, -0.2) is 0 Å². The number of nitrogens with one attached hydrogen (secondary N) is 2. The van der Waals surface area contributed by atoms with Crippen molar-refractivity contribution < 1.29 is 4.79 Å². The van der Waals surface area contributed by atoms with E-state index in [1.807, 2.05) is 43.4 Å². The number of hydrogen-bond donors (Lipinski definition) is 3. The number of nitrogens with two attached hydrogens (primary N) is 1. The second kappa shape index (κ2) is 6.21. The van der Waals surface area contributed by atoms with Gasteiger partial charge in [0.15, 0.2) is 0 Å². The molecule has 0 heterocycles. The molecule has 0 spiro atoms. The monoisotopic (exact) mass is 269 g/mol. The van der Waals surface area contributed by atoms with Crippen molar-refractivity contribution in [2.75, 3.05) is 18.1 Å². The number of para-hydroxylation sites is 2. The van der Waals surface area contributed by atoms with Gasteiger partial charge in [-0.15, -0.1) is 0 Å². The van der Waals surface area contributed by atoms with Crippen LogP contribution >= 0.6 is 0 Å². The Hall–Kier alpha value is -2.33. The Morgan fingerprint density at radius 3 is 2.35 bits per heavy atom. The number of carbonyl (C=O) groups is 1. The standard InChI is InChI=1S/C16H19N3O/c1-11(18-2)12-7-9-13(10-8-12)16(20)19-15-6-4-3-5-14(15)17/h3-11,18H,17H2,1-2H3,(H,19,20). The largest absolute Gasteiger partial charge is 0.397 e. The van der Waals surface area contributed by atoms with E-state index < -0.39 is 0 Å². The maximum absolute atomic E-state index is 12.1. The normalized spacial score (nSPS) is 11.9. The third kappa shape index (κ3) is 3.16. The molecule has 4 N–H and O–H groups in total. The molecule has 0 fully saturated rings. The van der Waals surface area contributed by atoms with Crippen LogP contribution < -0.4 is 16.4 Å². The fourth-order valence-electron chi connectivity index (χ4n) is 1.90. The number of nitrogen functional groups attached to an aromatic ring is 1. The van der Waals surface area contributed by atoms with E-state index in [1.54, 1.807) is 12.1 Å². The first kappa shape index (κ1) is 14.1. The topological polar surface area (TPSA) is 67.2 Å². The molecule has 0 saturated heterocycles. The zero-order valence-electron chi connectivity index (χ0n) is 11.7. The Kier molecular flexibility index (Phi) is 4.38. The smallest absolute Gasteiger partial charge is 0.255 e. The number of rotatable bonds is 4. The second-order valence-corrected chi connectivity index (χ2v) is 4.67. The number of amides is 1. The SMILES string of the molecule is CNC(C)c1ccc(C(=O)Nc2ccccc2N)cc1. The quantitative estimate of drug-likeness (QED) is 0.748. The van der Waals surface area contributed by atoms with Gasteiger partial charge < -0.3 is 16.4 Å². The van der Waals surface area contributed by atoms with Crippen molar-refractivity contribution in [2.24, 2.45) is 0 Å². The van der Waals surface area contributed by atoms with Crippen LogP contribution in [0.3, 0.4) is 0 Å². The summed E-state index contributed by atoms with van der Waals surface area (Å²) in [5.41, 5.74) is 8.75. The zero-order chi connectivity index (χ0) is 14.5. The van der Waals surface area contributed by atoms with Crippen LogP contribution in [0, 0.1) is 0 Å². The summed E-state index contributed by atoms with van der Waals surface area (Å²) in [6, 6.07) is 15.0. The third-order valence-corrected chi connectivity index (χ3v) is 3.31. The highest BCUT2D eigenvalue weighted by atomic mass is 16.1. The fraction of sp³-hybridized carbons (Fsp3) is 0.188. The highest BCUT2D eigenvalue weighted by molar-refractivity contribution is 6.05. The van der Waals surface area contributed by atoms with E-state index in [9.17, 15) is 4.79 Å². The van der Waals surface area contributed by atoms with Gasteiger partial charge in [-0.2, -0.15) is 0 Å². The first-order valence-electron chi connectivity index (χ1n) is 6.55. The molecule has 2 aromatic rings. The lowest BCUT2D eigenvalue weighted by atomic mass is 10.1. The molecule has 4 heteroatoms. The molecule has 1 unspecified atom stereocenters. The summed E-state index contributed by atoms with van der Waals surface area (Å²) in [4.78, 5) is 12.1. The molecule has 2 rings (SSSR count). The van der Waals surface area contributed by atoms with E-state index in [-0.39, 0.29) is 11.9 Å². The van der Waals surface area contributed by atoms with Gasteiger partial charge in [0.1, 0.15) is 0 Å². The average Bonchev–Trinajstić information content (AvgIpc) is 2.49. The molecule has 0 bridgehead atoms. The molecule has 4 nitrogen and oxygen atoms in total. The van der Waals surface area contributed by atoms with Crippen molar-refractivity contribution in [1.29, 1.82) is 0 Å². The lowest BCUT2D eigenvalue weighted by Gasteiger charge is -2.11. The summed E-state index contributed by atoms with van der Waals surface area (Å²) in [5.74, 6) is -0.161. The van der Waals surface area contributed by atoms with E-state index >= 15 is 0 Å². The predicted molar refractivity (Wildman–Crippen MR) is 82.7 cm³/mol. The summed E-state index contributed by atoms with van der Waals surface area (Å²) in [6.45, 7) is 2.07. The number of benzene rings is 2. The second-order valence-electron chi connectivity index (χ2n) is 4.67. The molecule has 1 atom stereocenters. The minimum Gasteiger partial charge on any atom is -0.397 e. The summed E-state index contributed by atoms with van der Waals surface area (Å²) >= 11 is 0. The molecule has 0 aromatic heterocycles. The van der Waals surface area contributed by atoms with Crippen LogP contribution in [0.5, 0.6) is 0 Å². The lowest BCUT2D eigenvalue weighted by molar-refractivity contribution is 0.102. The molecular weight excluding hydrogens is 250 g/mol. The van der Waals surface area contributed by atoms with E-state index in [1.165, 1.54) is 0 Å². The minimum atomic E-state index is -0.161. The van der Waals surface area contributed by atoms with E-state index in [2.05, 4.69) is 17.6 Å². The highest BCUT2D eigenvalue weighted by Gasteiger charge is 2.09.